The Bertz CT molecular complexity index is 1620. The highest BCUT2D eigenvalue weighted by Crippen LogP contribution is 2.24. The first-order chi connectivity index (χ1) is 23.3. The summed E-state index contributed by atoms with van der Waals surface area (Å²) >= 11 is 0. The van der Waals surface area contributed by atoms with Gasteiger partial charge in [0.2, 0.25) is 17.7 Å². The van der Waals surface area contributed by atoms with Crippen LogP contribution < -0.4 is 15.5 Å². The van der Waals surface area contributed by atoms with Crippen molar-refractivity contribution in [2.45, 2.75) is 51.3 Å². The van der Waals surface area contributed by atoms with Crippen LogP contribution in [0.25, 0.3) is 0 Å². The van der Waals surface area contributed by atoms with Crippen LogP contribution in [0.5, 0.6) is 0 Å². The lowest BCUT2D eigenvalue weighted by atomic mass is 10.1. The molecular formula is C31H38N4O11S3. The molecule has 1 fully saturated rings. The fraction of sp³-hybridized carbons (Fsp3) is 0.419. The zero-order valence-corrected chi connectivity index (χ0v) is 29.4. The number of rotatable bonds is 18. The van der Waals surface area contributed by atoms with Gasteiger partial charge in [0.15, 0.2) is 5.25 Å². The van der Waals surface area contributed by atoms with Gasteiger partial charge in [-0.05, 0) is 36.6 Å². The van der Waals surface area contributed by atoms with Crippen LogP contribution in [-0.2, 0) is 50.2 Å². The van der Waals surface area contributed by atoms with Crippen molar-refractivity contribution in [3.63, 3.8) is 0 Å². The third-order valence-corrected chi connectivity index (χ3v) is 10.6. The molecule has 1 saturated heterocycles. The standard InChI is InChI=1S/C31H38N4O11S3/c1-21-7-3-5-9-23(21)20-34(24-10-6-4-8-22(24)2)27(37)13-15-32-30(40)25(49(42,43)44)19-33-26(36)14-17-47-48-18-16-45-31(41)46-35-28(38)11-12-29(35)39/h3-10,25H,11-20H2,1-2H3,(H,32,40)(H,33,36)(H,42,43,44). The number of carbonyl (C=O) groups excluding carboxylic acids is 6. The molecule has 5 amide bonds. The van der Waals surface area contributed by atoms with Crippen molar-refractivity contribution in [2.24, 2.45) is 0 Å². The number of carbonyl (C=O) groups is 6. The smallest absolute Gasteiger partial charge is 0.432 e. The van der Waals surface area contributed by atoms with E-state index in [1.165, 1.54) is 21.6 Å². The number of ether oxygens (including phenoxy) is 1. The van der Waals surface area contributed by atoms with Crippen molar-refractivity contribution in [1.82, 2.24) is 15.7 Å². The molecule has 1 aliphatic heterocycles. The van der Waals surface area contributed by atoms with E-state index in [9.17, 15) is 41.7 Å². The number of nitrogens with one attached hydrogen (secondary N) is 2. The lowest BCUT2D eigenvalue weighted by Gasteiger charge is -2.26. The van der Waals surface area contributed by atoms with Crippen LogP contribution in [0, 0.1) is 13.8 Å². The molecule has 15 nitrogen and oxygen atoms in total. The fourth-order valence-electron chi connectivity index (χ4n) is 4.47. The summed E-state index contributed by atoms with van der Waals surface area (Å²) in [5.41, 5.74) is 3.50. The van der Waals surface area contributed by atoms with Gasteiger partial charge in [-0.2, -0.15) is 8.42 Å². The minimum atomic E-state index is -4.90. The monoisotopic (exact) mass is 738 g/mol. The molecule has 1 heterocycles. The van der Waals surface area contributed by atoms with Crippen LogP contribution in [0.3, 0.4) is 0 Å². The van der Waals surface area contributed by atoms with Gasteiger partial charge in [-0.25, -0.2) is 4.79 Å². The summed E-state index contributed by atoms with van der Waals surface area (Å²) in [6, 6.07) is 15.0. The SMILES string of the molecule is Cc1ccccc1CN(C(=O)CCNC(=O)C(CNC(=O)CCSSCCOC(=O)ON1C(=O)CCC1=O)S(=O)(=O)O)c1ccccc1C. The second-order valence-corrected chi connectivity index (χ2v) is 15.0. The van der Waals surface area contributed by atoms with E-state index in [1.807, 2.05) is 62.4 Å². The number of imide groups is 1. The van der Waals surface area contributed by atoms with Gasteiger partial charge in [-0.1, -0.05) is 69.1 Å². The van der Waals surface area contributed by atoms with Gasteiger partial charge in [-0.3, -0.25) is 33.4 Å². The van der Waals surface area contributed by atoms with Crippen molar-refractivity contribution in [1.29, 1.82) is 0 Å². The minimum absolute atomic E-state index is 0.0397. The first-order valence-corrected chi connectivity index (χ1v) is 19.1. The Labute approximate surface area is 291 Å². The quantitative estimate of drug-likeness (QED) is 0.0662. The van der Waals surface area contributed by atoms with E-state index in [0.29, 0.717) is 16.5 Å². The number of anilines is 1. The van der Waals surface area contributed by atoms with Crippen LogP contribution >= 0.6 is 21.6 Å². The van der Waals surface area contributed by atoms with Crippen molar-refractivity contribution in [3.05, 3.63) is 65.2 Å². The second-order valence-electron chi connectivity index (χ2n) is 10.7. The molecule has 266 valence electrons. The Balaban J connectivity index is 1.39. The Morgan fingerprint density at radius 2 is 1.55 bits per heavy atom. The molecule has 0 aromatic heterocycles. The Hall–Kier alpha value is -4.13. The number of aryl methyl sites for hydroxylation is 2. The summed E-state index contributed by atoms with van der Waals surface area (Å²) in [5.74, 6) is -2.64. The van der Waals surface area contributed by atoms with Gasteiger partial charge in [0.05, 0.1) is 6.54 Å². The number of hydrogen-bond donors (Lipinski definition) is 3. The summed E-state index contributed by atoms with van der Waals surface area (Å²) in [5, 5.41) is 3.08. The molecule has 3 rings (SSSR count). The number of nitrogens with zero attached hydrogens (tertiary/aromatic N) is 2. The van der Waals surface area contributed by atoms with E-state index in [2.05, 4.69) is 15.5 Å². The molecule has 2 aromatic carbocycles. The first-order valence-electron chi connectivity index (χ1n) is 15.1. The Kier molecular flexibility index (Phi) is 15.4. The molecule has 1 unspecified atom stereocenters. The average molecular weight is 739 g/mol. The average Bonchev–Trinajstić information content (AvgIpc) is 3.35. The highest BCUT2D eigenvalue weighted by Gasteiger charge is 2.34. The molecule has 0 radical (unpaired) electrons. The van der Waals surface area contributed by atoms with Crippen LogP contribution in [0.1, 0.15) is 42.4 Å². The van der Waals surface area contributed by atoms with Crippen LogP contribution in [0.2, 0.25) is 0 Å². The Morgan fingerprint density at radius 3 is 2.20 bits per heavy atom. The third kappa shape index (κ3) is 12.7. The summed E-state index contributed by atoms with van der Waals surface area (Å²) in [6.07, 6.45) is -1.48. The van der Waals surface area contributed by atoms with Gasteiger partial charge in [0.1, 0.15) is 6.61 Å². The molecule has 1 aliphatic rings. The number of amides is 5. The van der Waals surface area contributed by atoms with E-state index in [-0.39, 0.29) is 57.0 Å². The maximum Gasteiger partial charge on any atom is 0.533 e. The maximum absolute atomic E-state index is 13.4. The van der Waals surface area contributed by atoms with Gasteiger partial charge in [0, 0.05) is 56.0 Å². The van der Waals surface area contributed by atoms with Gasteiger partial charge < -0.3 is 20.3 Å². The topological polar surface area (TPSA) is 206 Å². The number of para-hydroxylation sites is 1. The number of hydrogen-bond acceptors (Lipinski definition) is 12. The number of hydroxylamine groups is 2. The molecule has 18 heteroatoms. The molecule has 49 heavy (non-hydrogen) atoms. The van der Waals surface area contributed by atoms with Gasteiger partial charge in [0.25, 0.3) is 21.9 Å². The van der Waals surface area contributed by atoms with E-state index in [0.717, 1.165) is 16.7 Å². The van der Waals surface area contributed by atoms with E-state index in [4.69, 9.17) is 4.74 Å². The predicted octanol–water partition coefficient (Wildman–Crippen LogP) is 2.70. The minimum Gasteiger partial charge on any atom is -0.432 e. The second kappa shape index (κ2) is 19.2. The molecule has 2 aromatic rings. The van der Waals surface area contributed by atoms with Crippen LogP contribution in [0.4, 0.5) is 10.5 Å². The van der Waals surface area contributed by atoms with Gasteiger partial charge in [-0.15, -0.1) is 0 Å². The van der Waals surface area contributed by atoms with Crippen molar-refractivity contribution >= 4 is 73.1 Å². The highest BCUT2D eigenvalue weighted by molar-refractivity contribution is 8.76. The first kappa shape index (κ1) is 39.3. The van der Waals surface area contributed by atoms with Crippen molar-refractivity contribution < 1.29 is 51.3 Å². The molecule has 1 atom stereocenters. The molecule has 0 spiro atoms. The van der Waals surface area contributed by atoms with E-state index < -0.39 is 51.7 Å². The lowest BCUT2D eigenvalue weighted by Crippen LogP contribution is -2.47. The zero-order valence-electron chi connectivity index (χ0n) is 26.9. The predicted molar refractivity (Wildman–Crippen MR) is 183 cm³/mol. The summed E-state index contributed by atoms with van der Waals surface area (Å²) in [6.45, 7) is 3.12. The maximum atomic E-state index is 13.4. The fourth-order valence-corrected chi connectivity index (χ4v) is 6.94. The number of benzene rings is 2. The normalized spacial score (nSPS) is 13.5. The van der Waals surface area contributed by atoms with Crippen LogP contribution in [-0.4, -0.2) is 90.2 Å². The molecule has 0 saturated carbocycles. The van der Waals surface area contributed by atoms with Gasteiger partial charge >= 0.3 is 6.16 Å². The molecule has 0 aliphatic carbocycles. The summed E-state index contributed by atoms with van der Waals surface area (Å²) < 4.78 is 38.4. The van der Waals surface area contributed by atoms with Crippen molar-refractivity contribution in [2.75, 3.05) is 36.1 Å². The lowest BCUT2D eigenvalue weighted by molar-refractivity contribution is -0.176. The van der Waals surface area contributed by atoms with Crippen LogP contribution in [0.15, 0.2) is 48.5 Å². The van der Waals surface area contributed by atoms with Crippen molar-refractivity contribution in [3.8, 4) is 0 Å². The van der Waals surface area contributed by atoms with E-state index in [1.54, 1.807) is 4.90 Å². The summed E-state index contributed by atoms with van der Waals surface area (Å²) in [4.78, 5) is 79.0. The molecule has 0 bridgehead atoms. The largest absolute Gasteiger partial charge is 0.533 e. The zero-order chi connectivity index (χ0) is 36.0. The Morgan fingerprint density at radius 1 is 0.918 bits per heavy atom. The third-order valence-electron chi connectivity index (χ3n) is 7.13. The summed E-state index contributed by atoms with van der Waals surface area (Å²) in [7, 11) is -2.40. The molecule has 3 N–H and O–H groups in total. The van der Waals surface area contributed by atoms with E-state index >= 15 is 0 Å². The molecular weight excluding hydrogens is 701 g/mol. The highest BCUT2D eigenvalue weighted by atomic mass is 33.1.